The van der Waals surface area contributed by atoms with Crippen molar-refractivity contribution in [2.75, 3.05) is 53.2 Å². The van der Waals surface area contributed by atoms with Crippen molar-refractivity contribution in [3.8, 4) is 0 Å². The van der Waals surface area contributed by atoms with Crippen LogP contribution in [0.25, 0.3) is 0 Å². The molecule has 2 N–H and O–H groups in total. The lowest BCUT2D eigenvalue weighted by Gasteiger charge is -2.25. The molecule has 6 nitrogen and oxygen atoms in total. The van der Waals surface area contributed by atoms with Crippen molar-refractivity contribution in [1.29, 1.82) is 0 Å². The van der Waals surface area contributed by atoms with Crippen LogP contribution in [0.15, 0.2) is 0 Å². The minimum absolute atomic E-state index is 0.0149. The molecule has 100 valence electrons. The molecular formula is C11H22N2O4. The Hall–Kier alpha value is -0.690. The summed E-state index contributed by atoms with van der Waals surface area (Å²) >= 11 is 0. The molecule has 1 atom stereocenters. The summed E-state index contributed by atoms with van der Waals surface area (Å²) < 4.78 is 10.4. The highest BCUT2D eigenvalue weighted by Crippen LogP contribution is 2.01. The fraction of sp³-hybridized carbons (Fsp3) is 0.909. The van der Waals surface area contributed by atoms with Crippen molar-refractivity contribution in [1.82, 2.24) is 10.2 Å². The molecule has 6 heteroatoms. The zero-order chi connectivity index (χ0) is 12.5. The molecule has 0 aromatic carbocycles. The van der Waals surface area contributed by atoms with E-state index < -0.39 is 0 Å². The monoisotopic (exact) mass is 246 g/mol. The summed E-state index contributed by atoms with van der Waals surface area (Å²) in [4.78, 5) is 13.4. The molecule has 1 rings (SSSR count). The van der Waals surface area contributed by atoms with Gasteiger partial charge in [-0.2, -0.15) is 0 Å². The van der Waals surface area contributed by atoms with Crippen LogP contribution in [0.2, 0.25) is 0 Å². The van der Waals surface area contributed by atoms with Gasteiger partial charge in [0.15, 0.2) is 0 Å². The molecule has 0 saturated carbocycles. The number of carbonyl (C=O) groups excluding carboxylic acids is 1. The van der Waals surface area contributed by atoms with E-state index in [1.54, 1.807) is 11.9 Å². The first-order valence-electron chi connectivity index (χ1n) is 5.97. The lowest BCUT2D eigenvalue weighted by atomic mass is 10.2. The quantitative estimate of drug-likeness (QED) is 0.554. The van der Waals surface area contributed by atoms with Crippen molar-refractivity contribution in [2.45, 2.75) is 12.5 Å². The number of carbonyl (C=O) groups is 1. The molecule has 1 saturated heterocycles. The van der Waals surface area contributed by atoms with Gasteiger partial charge in [-0.1, -0.05) is 0 Å². The second-order valence-electron chi connectivity index (χ2n) is 4.08. The Morgan fingerprint density at radius 3 is 3.06 bits per heavy atom. The first-order valence-corrected chi connectivity index (χ1v) is 5.97. The molecule has 0 aliphatic carbocycles. The molecular weight excluding hydrogens is 224 g/mol. The van der Waals surface area contributed by atoms with E-state index in [0.717, 1.165) is 13.2 Å². The van der Waals surface area contributed by atoms with Gasteiger partial charge in [0.1, 0.15) is 0 Å². The van der Waals surface area contributed by atoms with Gasteiger partial charge in [-0.15, -0.1) is 0 Å². The molecule has 1 amide bonds. The van der Waals surface area contributed by atoms with Gasteiger partial charge in [0.25, 0.3) is 0 Å². The SMILES string of the molecule is CN(CCOCCO)C(=O)CC1COCCN1. The Kier molecular flexibility index (Phi) is 7.11. The van der Waals surface area contributed by atoms with Crippen molar-refractivity contribution in [2.24, 2.45) is 0 Å². The van der Waals surface area contributed by atoms with Crippen LogP contribution in [0.5, 0.6) is 0 Å². The van der Waals surface area contributed by atoms with Gasteiger partial charge >= 0.3 is 0 Å². The van der Waals surface area contributed by atoms with E-state index in [9.17, 15) is 4.79 Å². The molecule has 0 bridgehead atoms. The van der Waals surface area contributed by atoms with Gasteiger partial charge in [0.2, 0.25) is 5.91 Å². The minimum atomic E-state index is 0.0149. The van der Waals surface area contributed by atoms with Crippen LogP contribution in [-0.2, 0) is 14.3 Å². The highest BCUT2D eigenvalue weighted by Gasteiger charge is 2.18. The Morgan fingerprint density at radius 1 is 1.59 bits per heavy atom. The third-order valence-electron chi connectivity index (χ3n) is 2.65. The summed E-state index contributed by atoms with van der Waals surface area (Å²) in [6.45, 7) is 3.46. The summed E-state index contributed by atoms with van der Waals surface area (Å²) in [5.74, 6) is 0.0839. The maximum atomic E-state index is 11.8. The van der Waals surface area contributed by atoms with Crippen LogP contribution in [0.4, 0.5) is 0 Å². The summed E-state index contributed by atoms with van der Waals surface area (Å²) in [5, 5.41) is 11.8. The molecule has 1 unspecified atom stereocenters. The third kappa shape index (κ3) is 5.97. The van der Waals surface area contributed by atoms with Gasteiger partial charge < -0.3 is 24.8 Å². The number of aliphatic hydroxyl groups is 1. The topological polar surface area (TPSA) is 71.0 Å². The second-order valence-corrected chi connectivity index (χ2v) is 4.08. The first-order chi connectivity index (χ1) is 8.24. The number of ether oxygens (including phenoxy) is 2. The van der Waals surface area contributed by atoms with Crippen molar-refractivity contribution in [3.05, 3.63) is 0 Å². The molecule has 1 aliphatic heterocycles. The summed E-state index contributed by atoms with van der Waals surface area (Å²) in [6, 6.07) is 0.122. The Labute approximate surface area is 102 Å². The second kappa shape index (κ2) is 8.41. The molecule has 0 aromatic heterocycles. The predicted molar refractivity (Wildman–Crippen MR) is 62.8 cm³/mol. The van der Waals surface area contributed by atoms with E-state index in [0.29, 0.717) is 32.8 Å². The fourth-order valence-corrected chi connectivity index (χ4v) is 1.61. The number of amides is 1. The lowest BCUT2D eigenvalue weighted by Crippen LogP contribution is -2.44. The number of rotatable bonds is 7. The zero-order valence-electron chi connectivity index (χ0n) is 10.4. The lowest BCUT2D eigenvalue weighted by molar-refractivity contribution is -0.131. The Morgan fingerprint density at radius 2 is 2.41 bits per heavy atom. The van der Waals surface area contributed by atoms with Crippen LogP contribution >= 0.6 is 0 Å². The number of aliphatic hydroxyl groups excluding tert-OH is 1. The number of morpholine rings is 1. The zero-order valence-corrected chi connectivity index (χ0v) is 10.4. The molecule has 0 spiro atoms. The summed E-state index contributed by atoms with van der Waals surface area (Å²) in [5.41, 5.74) is 0. The maximum Gasteiger partial charge on any atom is 0.224 e. The van der Waals surface area contributed by atoms with E-state index >= 15 is 0 Å². The number of hydrogen-bond acceptors (Lipinski definition) is 5. The molecule has 17 heavy (non-hydrogen) atoms. The van der Waals surface area contributed by atoms with Crippen molar-refractivity contribution >= 4 is 5.91 Å². The molecule has 0 radical (unpaired) electrons. The normalized spacial score (nSPS) is 20.2. The highest BCUT2D eigenvalue weighted by molar-refractivity contribution is 5.76. The van der Waals surface area contributed by atoms with E-state index in [-0.39, 0.29) is 18.6 Å². The number of nitrogens with zero attached hydrogens (tertiary/aromatic N) is 1. The average molecular weight is 246 g/mol. The van der Waals surface area contributed by atoms with Gasteiger partial charge in [-0.3, -0.25) is 4.79 Å². The van der Waals surface area contributed by atoms with Gasteiger partial charge in [0.05, 0.1) is 33.0 Å². The van der Waals surface area contributed by atoms with Crippen LogP contribution < -0.4 is 5.32 Å². The molecule has 1 fully saturated rings. The number of hydrogen-bond donors (Lipinski definition) is 2. The summed E-state index contributed by atoms with van der Waals surface area (Å²) in [6.07, 6.45) is 0.455. The Bertz CT molecular complexity index is 220. The minimum Gasteiger partial charge on any atom is -0.394 e. The summed E-state index contributed by atoms with van der Waals surface area (Å²) in [7, 11) is 1.76. The van der Waals surface area contributed by atoms with E-state index in [4.69, 9.17) is 14.6 Å². The van der Waals surface area contributed by atoms with Gasteiger partial charge in [-0.05, 0) is 0 Å². The smallest absolute Gasteiger partial charge is 0.224 e. The largest absolute Gasteiger partial charge is 0.394 e. The molecule has 0 aromatic rings. The Balaban J connectivity index is 2.12. The van der Waals surface area contributed by atoms with E-state index in [1.165, 1.54) is 0 Å². The van der Waals surface area contributed by atoms with E-state index in [1.807, 2.05) is 0 Å². The average Bonchev–Trinajstić information content (AvgIpc) is 2.35. The van der Waals surface area contributed by atoms with Crippen LogP contribution in [0.1, 0.15) is 6.42 Å². The molecule has 1 heterocycles. The van der Waals surface area contributed by atoms with Crippen molar-refractivity contribution in [3.63, 3.8) is 0 Å². The molecule has 1 aliphatic rings. The van der Waals surface area contributed by atoms with Gasteiger partial charge in [-0.25, -0.2) is 0 Å². The predicted octanol–water partition coefficient (Wildman–Crippen LogP) is -1.17. The fourth-order valence-electron chi connectivity index (χ4n) is 1.61. The highest BCUT2D eigenvalue weighted by atomic mass is 16.5. The first kappa shape index (κ1) is 14.4. The van der Waals surface area contributed by atoms with Crippen LogP contribution in [0, 0.1) is 0 Å². The maximum absolute atomic E-state index is 11.8. The number of likely N-dealkylation sites (N-methyl/N-ethyl adjacent to an activating group) is 1. The van der Waals surface area contributed by atoms with E-state index in [2.05, 4.69) is 5.32 Å². The number of nitrogens with one attached hydrogen (secondary N) is 1. The van der Waals surface area contributed by atoms with Crippen molar-refractivity contribution < 1.29 is 19.4 Å². The van der Waals surface area contributed by atoms with Crippen LogP contribution in [0.3, 0.4) is 0 Å². The third-order valence-corrected chi connectivity index (χ3v) is 2.65. The standard InChI is InChI=1S/C11H22N2O4/c1-13(3-6-16-7-4-14)11(15)8-10-9-17-5-2-12-10/h10,12,14H,2-9H2,1H3. The van der Waals surface area contributed by atoms with Crippen LogP contribution in [-0.4, -0.2) is 75.1 Å². The van der Waals surface area contributed by atoms with Gasteiger partial charge in [0, 0.05) is 32.6 Å².